The van der Waals surface area contributed by atoms with Crippen LogP contribution in [0.2, 0.25) is 0 Å². The molecule has 0 heterocycles. The molecule has 0 bridgehead atoms. The Morgan fingerprint density at radius 3 is 1.57 bits per heavy atom. The first kappa shape index (κ1) is 30.6. The van der Waals surface area contributed by atoms with Crippen LogP contribution >= 0.6 is 23.5 Å². The Balaban J connectivity index is 1.82. The largest absolute Gasteiger partial charge is 0.480 e. The fourth-order valence-corrected chi connectivity index (χ4v) is 5.92. The van der Waals surface area contributed by atoms with Crippen molar-refractivity contribution in [1.82, 2.24) is 10.6 Å². The topological polar surface area (TPSA) is 130 Å². The van der Waals surface area contributed by atoms with E-state index in [4.69, 9.17) is 0 Å². The molecule has 3 rings (SSSR count). The van der Waals surface area contributed by atoms with Crippen LogP contribution in [0.1, 0.15) is 40.1 Å². The van der Waals surface area contributed by atoms with E-state index in [0.717, 1.165) is 29.1 Å². The summed E-state index contributed by atoms with van der Waals surface area (Å²) in [6.45, 7) is 2.92. The minimum Gasteiger partial charge on any atom is -0.480 e. The summed E-state index contributed by atoms with van der Waals surface area (Å²) >= 11 is 1.75. The lowest BCUT2D eigenvalue weighted by Gasteiger charge is -2.25. The molecule has 0 saturated carbocycles. The zero-order valence-electron chi connectivity index (χ0n) is 22.0. The minimum absolute atomic E-state index is 0.119. The number of aliphatic carboxylic acids is 1. The highest BCUT2D eigenvalue weighted by Crippen LogP contribution is 2.35. The van der Waals surface area contributed by atoms with E-state index in [1.54, 1.807) is 91.9 Å². The molecule has 3 aromatic carbocycles. The Morgan fingerprint density at radius 2 is 1.12 bits per heavy atom. The number of benzene rings is 3. The fraction of sp³-hybridized carbons (Fsp3) is 0.233. The van der Waals surface area contributed by atoms with Gasteiger partial charge in [-0.1, -0.05) is 121 Å². The van der Waals surface area contributed by atoms with Crippen LogP contribution in [0.3, 0.4) is 0 Å². The number of nitrogens with one attached hydrogen (secondary N) is 2. The maximum Gasteiger partial charge on any atom is 0.325 e. The third kappa shape index (κ3) is 9.10. The molecule has 0 aromatic heterocycles. The van der Waals surface area contributed by atoms with Gasteiger partial charge in [-0.05, 0) is 12.5 Å². The second-order valence-electron chi connectivity index (χ2n) is 9.02. The van der Waals surface area contributed by atoms with Crippen molar-refractivity contribution in [2.75, 3.05) is 0 Å². The van der Waals surface area contributed by atoms with Gasteiger partial charge in [0.2, 0.25) is 22.0 Å². The number of carboxylic acid groups (broad SMARTS) is 1. The molecule has 0 spiro atoms. The summed E-state index contributed by atoms with van der Waals surface area (Å²) in [4.78, 5) is 63.9. The lowest BCUT2D eigenvalue weighted by molar-refractivity contribution is -0.141. The Kier molecular flexibility index (Phi) is 11.5. The molecule has 1 unspecified atom stereocenters. The third-order valence-electron chi connectivity index (χ3n) is 5.93. The van der Waals surface area contributed by atoms with Crippen LogP contribution in [0, 0.1) is 5.92 Å². The van der Waals surface area contributed by atoms with Crippen molar-refractivity contribution >= 4 is 51.5 Å². The SMILES string of the molecule is CC(C(=O)N[C@@H](Cc1ccccc1)C(=O)N[C@@H](C)C(=O)O)C(SC(=O)c1ccccc1)SC(=O)c1ccccc1. The van der Waals surface area contributed by atoms with Gasteiger partial charge in [-0.2, -0.15) is 0 Å². The number of hydrogen-bond acceptors (Lipinski definition) is 7. The minimum atomic E-state index is -1.21. The molecule has 3 atom stereocenters. The summed E-state index contributed by atoms with van der Waals surface area (Å²) in [5, 5.41) is 13.8. The van der Waals surface area contributed by atoms with Gasteiger partial charge in [-0.25, -0.2) is 0 Å². The van der Waals surface area contributed by atoms with Gasteiger partial charge in [0.05, 0.1) is 10.5 Å². The van der Waals surface area contributed by atoms with E-state index in [1.807, 2.05) is 6.07 Å². The van der Waals surface area contributed by atoms with Gasteiger partial charge in [0.15, 0.2) is 0 Å². The average molecular weight is 579 g/mol. The first-order valence-corrected chi connectivity index (χ1v) is 14.3. The van der Waals surface area contributed by atoms with E-state index < -0.39 is 40.4 Å². The van der Waals surface area contributed by atoms with Gasteiger partial charge in [-0.15, -0.1) is 0 Å². The van der Waals surface area contributed by atoms with E-state index in [9.17, 15) is 29.1 Å². The molecule has 0 aliphatic heterocycles. The van der Waals surface area contributed by atoms with Crippen molar-refractivity contribution in [3.8, 4) is 0 Å². The quantitative estimate of drug-likeness (QED) is 0.270. The molecule has 40 heavy (non-hydrogen) atoms. The second-order valence-corrected chi connectivity index (χ2v) is 11.5. The number of rotatable bonds is 12. The van der Waals surface area contributed by atoms with Gasteiger partial charge in [0.1, 0.15) is 12.1 Å². The molecule has 10 heteroatoms. The highest BCUT2D eigenvalue weighted by molar-refractivity contribution is 8.30. The Hall–Kier alpha value is -3.89. The summed E-state index contributed by atoms with van der Waals surface area (Å²) < 4.78 is -0.807. The van der Waals surface area contributed by atoms with Crippen LogP contribution < -0.4 is 10.6 Å². The molecular weight excluding hydrogens is 548 g/mol. The highest BCUT2D eigenvalue weighted by atomic mass is 32.2. The molecule has 208 valence electrons. The van der Waals surface area contributed by atoms with Crippen molar-refractivity contribution in [2.24, 2.45) is 5.92 Å². The molecule has 0 fully saturated rings. The molecular formula is C30H30N2O6S2. The molecule has 0 aliphatic rings. The van der Waals surface area contributed by atoms with E-state index in [-0.39, 0.29) is 16.7 Å². The lowest BCUT2D eigenvalue weighted by atomic mass is 10.0. The van der Waals surface area contributed by atoms with Crippen LogP contribution in [0.25, 0.3) is 0 Å². The average Bonchev–Trinajstić information content (AvgIpc) is 2.97. The van der Waals surface area contributed by atoms with Gasteiger partial charge in [0.25, 0.3) is 0 Å². The summed E-state index contributed by atoms with van der Waals surface area (Å²) in [6, 6.07) is 23.9. The molecule has 3 aromatic rings. The zero-order valence-corrected chi connectivity index (χ0v) is 23.6. The number of carboxylic acids is 1. The van der Waals surface area contributed by atoms with Gasteiger partial charge >= 0.3 is 5.97 Å². The standard InChI is InChI=1S/C30H30N2O6S2/c1-19(25(33)32-24(18-21-12-6-3-7-13-21)26(34)31-20(2)27(35)36)30(39-28(37)22-14-8-4-9-15-22)40-29(38)23-16-10-5-11-17-23/h3-17,19-20,24,30H,18H2,1-2H3,(H,31,34)(H,32,33)(H,35,36)/t19?,20-,24-/m0/s1. The Morgan fingerprint density at radius 1 is 0.675 bits per heavy atom. The monoisotopic (exact) mass is 578 g/mol. The number of carbonyl (C=O) groups is 5. The number of carbonyl (C=O) groups excluding carboxylic acids is 4. The van der Waals surface area contributed by atoms with Gasteiger partial charge in [0, 0.05) is 17.5 Å². The number of amides is 2. The lowest BCUT2D eigenvalue weighted by Crippen LogP contribution is -2.53. The Labute approximate surface area is 241 Å². The zero-order chi connectivity index (χ0) is 29.1. The fourth-order valence-electron chi connectivity index (χ4n) is 3.59. The molecule has 3 N–H and O–H groups in total. The first-order chi connectivity index (χ1) is 19.2. The van der Waals surface area contributed by atoms with Crippen LogP contribution in [0.5, 0.6) is 0 Å². The molecule has 0 aliphatic carbocycles. The predicted molar refractivity (Wildman–Crippen MR) is 157 cm³/mol. The van der Waals surface area contributed by atoms with E-state index >= 15 is 0 Å². The van der Waals surface area contributed by atoms with Crippen LogP contribution in [0.15, 0.2) is 91.0 Å². The van der Waals surface area contributed by atoms with Crippen molar-refractivity contribution in [1.29, 1.82) is 0 Å². The van der Waals surface area contributed by atoms with Gasteiger partial charge < -0.3 is 15.7 Å². The van der Waals surface area contributed by atoms with Crippen molar-refractivity contribution in [3.63, 3.8) is 0 Å². The number of hydrogen-bond donors (Lipinski definition) is 3. The van der Waals surface area contributed by atoms with E-state index in [1.165, 1.54) is 6.92 Å². The molecule has 8 nitrogen and oxygen atoms in total. The molecule has 0 radical (unpaired) electrons. The Bertz CT molecular complexity index is 1270. The summed E-state index contributed by atoms with van der Waals surface area (Å²) in [5.74, 6) is -3.29. The summed E-state index contributed by atoms with van der Waals surface area (Å²) in [7, 11) is 0. The highest BCUT2D eigenvalue weighted by Gasteiger charge is 2.33. The second kappa shape index (κ2) is 15.0. The van der Waals surface area contributed by atoms with Crippen molar-refractivity contribution < 1.29 is 29.1 Å². The van der Waals surface area contributed by atoms with Crippen LogP contribution in [-0.2, 0) is 20.8 Å². The number of thioether (sulfide) groups is 2. The maximum atomic E-state index is 13.5. The van der Waals surface area contributed by atoms with E-state index in [0.29, 0.717) is 11.1 Å². The van der Waals surface area contributed by atoms with Crippen molar-refractivity contribution in [2.45, 2.75) is 36.9 Å². The van der Waals surface area contributed by atoms with Crippen LogP contribution in [0.4, 0.5) is 0 Å². The normalized spacial score (nSPS) is 13.1. The van der Waals surface area contributed by atoms with Crippen LogP contribution in [-0.4, -0.2) is 49.8 Å². The van der Waals surface area contributed by atoms with Gasteiger partial charge in [-0.3, -0.25) is 24.0 Å². The predicted octanol–water partition coefficient (Wildman–Crippen LogP) is 4.41. The van der Waals surface area contributed by atoms with Crippen molar-refractivity contribution in [3.05, 3.63) is 108 Å². The maximum absolute atomic E-state index is 13.5. The first-order valence-electron chi connectivity index (χ1n) is 12.5. The third-order valence-corrected chi connectivity index (χ3v) is 8.69. The van der Waals surface area contributed by atoms with E-state index in [2.05, 4.69) is 10.6 Å². The summed E-state index contributed by atoms with van der Waals surface area (Å²) in [6.07, 6.45) is 0.119. The molecule has 2 amide bonds. The smallest absolute Gasteiger partial charge is 0.325 e. The summed E-state index contributed by atoms with van der Waals surface area (Å²) in [5.41, 5.74) is 1.63. The molecule has 0 saturated heterocycles.